The maximum Gasteiger partial charge on any atom is 0.273 e. The van der Waals surface area contributed by atoms with E-state index in [0.717, 1.165) is 16.8 Å². The summed E-state index contributed by atoms with van der Waals surface area (Å²) in [6.07, 6.45) is 0. The molecule has 0 saturated heterocycles. The third-order valence-corrected chi connectivity index (χ3v) is 3.73. The molecule has 2 N–H and O–H groups in total. The zero-order valence-corrected chi connectivity index (χ0v) is 13.3. The van der Waals surface area contributed by atoms with Crippen LogP contribution in [0.5, 0.6) is 0 Å². The van der Waals surface area contributed by atoms with Gasteiger partial charge in [0, 0.05) is 6.54 Å². The molecule has 2 aromatic carbocycles. The van der Waals surface area contributed by atoms with E-state index in [1.54, 1.807) is 11.6 Å². The van der Waals surface area contributed by atoms with Crippen LogP contribution in [0.1, 0.15) is 16.2 Å². The fourth-order valence-electron chi connectivity index (χ4n) is 2.46. The van der Waals surface area contributed by atoms with Gasteiger partial charge in [-0.3, -0.25) is 4.79 Å². The third kappa shape index (κ3) is 3.18. The summed E-state index contributed by atoms with van der Waals surface area (Å²) >= 11 is 0. The molecule has 0 fully saturated rings. The molecule has 0 aliphatic heterocycles. The first-order valence-electron chi connectivity index (χ1n) is 7.68. The van der Waals surface area contributed by atoms with Crippen molar-refractivity contribution in [3.05, 3.63) is 66.0 Å². The number of aliphatic hydroxyl groups is 1. The molecule has 1 aromatic heterocycles. The molecule has 1 heterocycles. The van der Waals surface area contributed by atoms with E-state index >= 15 is 0 Å². The largest absolute Gasteiger partial charge is 0.395 e. The first-order chi connectivity index (χ1) is 11.7. The number of hydrogen-bond acceptors (Lipinski definition) is 4. The molecule has 6 nitrogen and oxygen atoms in total. The van der Waals surface area contributed by atoms with Gasteiger partial charge in [-0.1, -0.05) is 47.7 Å². The summed E-state index contributed by atoms with van der Waals surface area (Å²) in [6.45, 7) is 1.87. The molecule has 0 saturated carbocycles. The number of benzene rings is 2. The van der Waals surface area contributed by atoms with Crippen molar-refractivity contribution in [1.82, 2.24) is 20.3 Å². The van der Waals surface area contributed by atoms with Crippen LogP contribution < -0.4 is 5.32 Å². The highest BCUT2D eigenvalue weighted by atomic mass is 16.3. The Morgan fingerprint density at radius 1 is 1.08 bits per heavy atom. The van der Waals surface area contributed by atoms with Crippen LogP contribution in [-0.4, -0.2) is 39.2 Å². The average molecular weight is 322 g/mol. The number of carbonyl (C=O) groups is 1. The predicted octanol–water partition coefficient (Wildman–Crippen LogP) is 1.96. The standard InChI is InChI=1S/C18H18N4O2/c1-13-17(18(24)19-11-12-23)20-21-22(13)16-9-7-15(8-10-16)14-5-3-2-4-6-14/h2-10,23H,11-12H2,1H3,(H,19,24). The fourth-order valence-corrected chi connectivity index (χ4v) is 2.46. The lowest BCUT2D eigenvalue weighted by Crippen LogP contribution is -2.27. The van der Waals surface area contributed by atoms with Gasteiger partial charge in [0.25, 0.3) is 5.91 Å². The van der Waals surface area contributed by atoms with Gasteiger partial charge >= 0.3 is 0 Å². The molecule has 0 spiro atoms. The quantitative estimate of drug-likeness (QED) is 0.752. The monoisotopic (exact) mass is 322 g/mol. The van der Waals surface area contributed by atoms with Crippen molar-refractivity contribution < 1.29 is 9.90 Å². The van der Waals surface area contributed by atoms with E-state index in [1.165, 1.54) is 0 Å². The summed E-state index contributed by atoms with van der Waals surface area (Å²) < 4.78 is 1.63. The van der Waals surface area contributed by atoms with Crippen LogP contribution in [0.15, 0.2) is 54.6 Å². The maximum absolute atomic E-state index is 12.0. The van der Waals surface area contributed by atoms with Crippen molar-refractivity contribution in [2.75, 3.05) is 13.2 Å². The predicted molar refractivity (Wildman–Crippen MR) is 91.0 cm³/mol. The Balaban J connectivity index is 1.85. The van der Waals surface area contributed by atoms with E-state index in [-0.39, 0.29) is 24.8 Å². The molecule has 0 aliphatic rings. The van der Waals surface area contributed by atoms with E-state index in [2.05, 4.69) is 27.8 Å². The molecule has 0 aliphatic carbocycles. The third-order valence-electron chi connectivity index (χ3n) is 3.73. The van der Waals surface area contributed by atoms with Crippen LogP contribution in [-0.2, 0) is 0 Å². The number of amides is 1. The van der Waals surface area contributed by atoms with Gasteiger partial charge in [-0.05, 0) is 30.2 Å². The Labute approximate surface area is 139 Å². The lowest BCUT2D eigenvalue weighted by atomic mass is 10.1. The Kier molecular flexibility index (Phi) is 4.67. The average Bonchev–Trinajstić information content (AvgIpc) is 3.02. The molecule has 0 atom stereocenters. The summed E-state index contributed by atoms with van der Waals surface area (Å²) in [5.74, 6) is -0.339. The Morgan fingerprint density at radius 2 is 1.75 bits per heavy atom. The zero-order chi connectivity index (χ0) is 16.9. The van der Waals surface area contributed by atoms with Crippen molar-refractivity contribution in [2.24, 2.45) is 0 Å². The molecular formula is C18H18N4O2. The minimum absolute atomic E-state index is 0.111. The van der Waals surface area contributed by atoms with Crippen LogP contribution in [0.25, 0.3) is 16.8 Å². The normalized spacial score (nSPS) is 10.6. The zero-order valence-electron chi connectivity index (χ0n) is 13.3. The first kappa shape index (κ1) is 15.9. The molecule has 6 heteroatoms. The van der Waals surface area contributed by atoms with Gasteiger partial charge in [0.05, 0.1) is 18.0 Å². The van der Waals surface area contributed by atoms with Crippen molar-refractivity contribution in [3.8, 4) is 16.8 Å². The van der Waals surface area contributed by atoms with Crippen molar-refractivity contribution in [1.29, 1.82) is 0 Å². The van der Waals surface area contributed by atoms with Crippen LogP contribution in [0, 0.1) is 6.92 Å². The second-order valence-electron chi connectivity index (χ2n) is 5.33. The van der Waals surface area contributed by atoms with Gasteiger partial charge in [-0.2, -0.15) is 0 Å². The summed E-state index contributed by atoms with van der Waals surface area (Å²) in [4.78, 5) is 12.0. The molecule has 0 unspecified atom stereocenters. The van der Waals surface area contributed by atoms with Crippen molar-refractivity contribution in [2.45, 2.75) is 6.92 Å². The van der Waals surface area contributed by atoms with Crippen LogP contribution >= 0.6 is 0 Å². The second-order valence-corrected chi connectivity index (χ2v) is 5.33. The highest BCUT2D eigenvalue weighted by molar-refractivity contribution is 5.93. The number of hydrogen-bond donors (Lipinski definition) is 2. The lowest BCUT2D eigenvalue weighted by molar-refractivity contribution is 0.0939. The topological polar surface area (TPSA) is 80.0 Å². The second kappa shape index (κ2) is 7.06. The van der Waals surface area contributed by atoms with Gasteiger partial charge in [0.2, 0.25) is 0 Å². The summed E-state index contributed by atoms with van der Waals surface area (Å²) in [5.41, 5.74) is 4.00. The number of aromatic nitrogens is 3. The molecule has 3 aromatic rings. The van der Waals surface area contributed by atoms with Crippen LogP contribution in [0.4, 0.5) is 0 Å². The number of nitrogens with one attached hydrogen (secondary N) is 1. The molecule has 0 radical (unpaired) electrons. The molecular weight excluding hydrogens is 304 g/mol. The summed E-state index contributed by atoms with van der Waals surface area (Å²) in [5, 5.41) is 19.4. The Morgan fingerprint density at radius 3 is 2.42 bits per heavy atom. The fraction of sp³-hybridized carbons (Fsp3) is 0.167. The minimum atomic E-state index is -0.339. The summed E-state index contributed by atoms with van der Waals surface area (Å²) in [6, 6.07) is 18.0. The van der Waals surface area contributed by atoms with Crippen LogP contribution in [0.3, 0.4) is 0 Å². The lowest BCUT2D eigenvalue weighted by Gasteiger charge is -2.06. The molecule has 1 amide bonds. The van der Waals surface area contributed by atoms with Gasteiger partial charge in [0.15, 0.2) is 5.69 Å². The Hall–Kier alpha value is -2.99. The molecule has 122 valence electrons. The van der Waals surface area contributed by atoms with Gasteiger partial charge in [0.1, 0.15) is 0 Å². The molecule has 0 bridgehead atoms. The van der Waals surface area contributed by atoms with E-state index < -0.39 is 0 Å². The number of nitrogens with zero attached hydrogens (tertiary/aromatic N) is 3. The smallest absolute Gasteiger partial charge is 0.273 e. The first-order valence-corrected chi connectivity index (χ1v) is 7.68. The van der Waals surface area contributed by atoms with Gasteiger partial charge < -0.3 is 10.4 Å². The Bertz CT molecular complexity index is 826. The van der Waals surface area contributed by atoms with E-state index in [4.69, 9.17) is 5.11 Å². The number of rotatable bonds is 5. The van der Waals surface area contributed by atoms with E-state index in [9.17, 15) is 4.79 Å². The van der Waals surface area contributed by atoms with Crippen molar-refractivity contribution in [3.63, 3.8) is 0 Å². The molecule has 3 rings (SSSR count). The SMILES string of the molecule is Cc1c(C(=O)NCCO)nnn1-c1ccc(-c2ccccc2)cc1. The highest BCUT2D eigenvalue weighted by Crippen LogP contribution is 2.21. The van der Waals surface area contributed by atoms with Crippen LogP contribution in [0.2, 0.25) is 0 Å². The maximum atomic E-state index is 12.0. The van der Waals surface area contributed by atoms with E-state index in [1.807, 2.05) is 42.5 Å². The van der Waals surface area contributed by atoms with Crippen molar-refractivity contribution >= 4 is 5.91 Å². The number of carbonyl (C=O) groups excluding carboxylic acids is 1. The van der Waals surface area contributed by atoms with Gasteiger partial charge in [-0.25, -0.2) is 4.68 Å². The minimum Gasteiger partial charge on any atom is -0.395 e. The number of aliphatic hydroxyl groups excluding tert-OH is 1. The molecule has 24 heavy (non-hydrogen) atoms. The highest BCUT2D eigenvalue weighted by Gasteiger charge is 2.16. The summed E-state index contributed by atoms with van der Waals surface area (Å²) in [7, 11) is 0. The van der Waals surface area contributed by atoms with E-state index in [0.29, 0.717) is 5.69 Å². The van der Waals surface area contributed by atoms with Gasteiger partial charge in [-0.15, -0.1) is 5.10 Å².